The number of anilines is 2. The van der Waals surface area contributed by atoms with Gasteiger partial charge in [0.25, 0.3) is 5.91 Å². The number of carbonyl (C=O) groups excluding carboxylic acids is 2. The fourth-order valence-corrected chi connectivity index (χ4v) is 4.41. The first-order valence-corrected chi connectivity index (χ1v) is 10.8. The van der Waals surface area contributed by atoms with Crippen LogP contribution in [0.1, 0.15) is 32.6 Å². The quantitative estimate of drug-likeness (QED) is 0.439. The molecule has 0 aliphatic heterocycles. The Labute approximate surface area is 178 Å². The molecule has 1 heterocycles. The molecule has 150 valence electrons. The summed E-state index contributed by atoms with van der Waals surface area (Å²) in [5.41, 5.74) is 5.62. The fraction of sp³-hybridized carbons (Fsp3) is 0.238. The summed E-state index contributed by atoms with van der Waals surface area (Å²) in [5, 5.41) is 14.1. The summed E-state index contributed by atoms with van der Waals surface area (Å²) in [6, 6.07) is 11.6. The lowest BCUT2D eigenvalue weighted by atomic mass is 10.1. The van der Waals surface area contributed by atoms with Crippen LogP contribution in [0.4, 0.5) is 10.8 Å². The number of thioether (sulfide) groups is 1. The van der Waals surface area contributed by atoms with E-state index < -0.39 is 0 Å². The fourth-order valence-electron chi connectivity index (χ4n) is 2.86. The minimum absolute atomic E-state index is 0.113. The largest absolute Gasteiger partial charge is 0.325 e. The Hall–Kier alpha value is -2.71. The van der Waals surface area contributed by atoms with Crippen molar-refractivity contribution in [1.29, 1.82) is 0 Å². The van der Waals surface area contributed by atoms with Crippen LogP contribution in [-0.4, -0.2) is 27.8 Å². The molecule has 2 N–H and O–H groups in total. The molecule has 3 aromatic rings. The topological polar surface area (TPSA) is 84.0 Å². The zero-order valence-corrected chi connectivity index (χ0v) is 18.3. The third-order valence-electron chi connectivity index (χ3n) is 4.09. The number of carbonyl (C=O) groups is 2. The van der Waals surface area contributed by atoms with Crippen LogP contribution in [0.5, 0.6) is 0 Å². The van der Waals surface area contributed by atoms with Crippen molar-refractivity contribution in [2.24, 2.45) is 0 Å². The molecule has 0 atom stereocenters. The molecule has 1 aromatic heterocycles. The van der Waals surface area contributed by atoms with Crippen molar-refractivity contribution in [1.82, 2.24) is 10.2 Å². The standard InChI is InChI=1S/C21H22N4O2S2/c1-12-5-6-17(15(4)8-12)22-18(26)11-28-21-25-24-20(29-21)23-19(27)16-9-13(2)7-14(3)10-16/h5-10H,11H2,1-4H3,(H,22,26)(H,23,24,27). The molecular formula is C21H22N4O2S2. The third-order valence-corrected chi connectivity index (χ3v) is 6.07. The molecule has 0 fully saturated rings. The van der Waals surface area contributed by atoms with Crippen LogP contribution in [0.2, 0.25) is 0 Å². The first-order chi connectivity index (χ1) is 13.8. The van der Waals surface area contributed by atoms with E-state index in [9.17, 15) is 9.59 Å². The average molecular weight is 427 g/mol. The third kappa shape index (κ3) is 5.88. The molecule has 0 unspecified atom stereocenters. The van der Waals surface area contributed by atoms with Crippen LogP contribution in [0.3, 0.4) is 0 Å². The smallest absolute Gasteiger partial charge is 0.257 e. The van der Waals surface area contributed by atoms with Crippen LogP contribution in [0.15, 0.2) is 40.7 Å². The maximum atomic E-state index is 12.4. The van der Waals surface area contributed by atoms with Crippen LogP contribution in [0.25, 0.3) is 0 Å². The predicted molar refractivity (Wildman–Crippen MR) is 119 cm³/mol. The van der Waals surface area contributed by atoms with E-state index in [-0.39, 0.29) is 17.6 Å². The Kier molecular flexibility index (Phi) is 6.66. The molecular weight excluding hydrogens is 404 g/mol. The highest BCUT2D eigenvalue weighted by atomic mass is 32.2. The Bertz CT molecular complexity index is 1040. The van der Waals surface area contributed by atoms with Crippen molar-refractivity contribution >= 4 is 45.7 Å². The molecule has 0 saturated carbocycles. The van der Waals surface area contributed by atoms with Crippen molar-refractivity contribution in [3.8, 4) is 0 Å². The maximum Gasteiger partial charge on any atom is 0.257 e. The van der Waals surface area contributed by atoms with E-state index in [2.05, 4.69) is 20.8 Å². The maximum absolute atomic E-state index is 12.4. The second kappa shape index (κ2) is 9.19. The lowest BCUT2D eigenvalue weighted by Gasteiger charge is -2.08. The van der Waals surface area contributed by atoms with Gasteiger partial charge in [-0.05, 0) is 51.5 Å². The highest BCUT2D eigenvalue weighted by Crippen LogP contribution is 2.26. The van der Waals surface area contributed by atoms with E-state index in [0.29, 0.717) is 15.0 Å². The van der Waals surface area contributed by atoms with Gasteiger partial charge in [0.15, 0.2) is 4.34 Å². The Morgan fingerprint density at radius 1 is 0.931 bits per heavy atom. The Morgan fingerprint density at radius 3 is 2.34 bits per heavy atom. The number of nitrogens with one attached hydrogen (secondary N) is 2. The van der Waals surface area contributed by atoms with Gasteiger partial charge in [-0.2, -0.15) is 0 Å². The first kappa shape index (κ1) is 21.0. The SMILES string of the molecule is Cc1cc(C)cc(C(=O)Nc2nnc(SCC(=O)Nc3ccc(C)cc3C)s2)c1. The lowest BCUT2D eigenvalue weighted by Crippen LogP contribution is -2.14. The highest BCUT2D eigenvalue weighted by molar-refractivity contribution is 8.01. The van der Waals surface area contributed by atoms with Crippen molar-refractivity contribution in [2.45, 2.75) is 32.0 Å². The number of amides is 2. The first-order valence-electron chi connectivity index (χ1n) is 9.03. The lowest BCUT2D eigenvalue weighted by molar-refractivity contribution is -0.113. The molecule has 0 saturated heterocycles. The average Bonchev–Trinajstić information content (AvgIpc) is 3.09. The van der Waals surface area contributed by atoms with Crippen LogP contribution in [-0.2, 0) is 4.79 Å². The summed E-state index contributed by atoms with van der Waals surface area (Å²) >= 11 is 2.53. The highest BCUT2D eigenvalue weighted by Gasteiger charge is 2.13. The molecule has 2 amide bonds. The summed E-state index contributed by atoms with van der Waals surface area (Å²) in [5.74, 6) is -0.123. The summed E-state index contributed by atoms with van der Waals surface area (Å²) in [7, 11) is 0. The van der Waals surface area contributed by atoms with Crippen LogP contribution >= 0.6 is 23.1 Å². The molecule has 0 aliphatic carbocycles. The van der Waals surface area contributed by atoms with Gasteiger partial charge in [-0.3, -0.25) is 14.9 Å². The second-order valence-electron chi connectivity index (χ2n) is 6.86. The zero-order chi connectivity index (χ0) is 21.0. The van der Waals surface area contributed by atoms with Gasteiger partial charge in [-0.25, -0.2) is 0 Å². The number of hydrogen-bond donors (Lipinski definition) is 2. The van der Waals surface area contributed by atoms with Crippen molar-refractivity contribution in [2.75, 3.05) is 16.4 Å². The number of hydrogen-bond acceptors (Lipinski definition) is 6. The molecule has 3 rings (SSSR count). The molecule has 2 aromatic carbocycles. The van der Waals surface area contributed by atoms with Crippen molar-refractivity contribution < 1.29 is 9.59 Å². The predicted octanol–water partition coefficient (Wildman–Crippen LogP) is 4.75. The van der Waals surface area contributed by atoms with E-state index in [0.717, 1.165) is 27.9 Å². The van der Waals surface area contributed by atoms with E-state index >= 15 is 0 Å². The molecule has 0 radical (unpaired) electrons. The van der Waals surface area contributed by atoms with E-state index in [1.165, 1.54) is 23.1 Å². The molecule has 8 heteroatoms. The minimum Gasteiger partial charge on any atom is -0.325 e. The summed E-state index contributed by atoms with van der Waals surface area (Å²) < 4.78 is 0.622. The van der Waals surface area contributed by atoms with Crippen molar-refractivity contribution in [3.63, 3.8) is 0 Å². The number of benzene rings is 2. The van der Waals surface area contributed by atoms with E-state index in [1.54, 1.807) is 0 Å². The monoisotopic (exact) mass is 426 g/mol. The number of rotatable bonds is 6. The Balaban J connectivity index is 1.54. The van der Waals surface area contributed by atoms with Gasteiger partial charge in [-0.15, -0.1) is 10.2 Å². The van der Waals surface area contributed by atoms with Gasteiger partial charge in [0.05, 0.1) is 5.75 Å². The molecule has 0 bridgehead atoms. The van der Waals surface area contributed by atoms with E-state index in [1.807, 2.05) is 64.1 Å². The van der Waals surface area contributed by atoms with E-state index in [4.69, 9.17) is 0 Å². The summed E-state index contributed by atoms with van der Waals surface area (Å²) in [4.78, 5) is 24.6. The van der Waals surface area contributed by atoms with Crippen LogP contribution < -0.4 is 10.6 Å². The van der Waals surface area contributed by atoms with Crippen molar-refractivity contribution in [3.05, 3.63) is 64.2 Å². The number of aromatic nitrogens is 2. The normalized spacial score (nSPS) is 10.6. The summed E-state index contributed by atoms with van der Waals surface area (Å²) in [6.07, 6.45) is 0. The number of nitrogens with zero attached hydrogens (tertiary/aromatic N) is 2. The van der Waals surface area contributed by atoms with Crippen LogP contribution in [0, 0.1) is 27.7 Å². The number of aryl methyl sites for hydroxylation is 4. The van der Waals surface area contributed by atoms with Gasteiger partial charge in [0.2, 0.25) is 11.0 Å². The second-order valence-corrected chi connectivity index (χ2v) is 9.06. The summed E-state index contributed by atoms with van der Waals surface area (Å²) in [6.45, 7) is 7.88. The molecule has 0 aliphatic rings. The molecule has 0 spiro atoms. The van der Waals surface area contributed by atoms with Gasteiger partial charge in [0.1, 0.15) is 0 Å². The van der Waals surface area contributed by atoms with Gasteiger partial charge >= 0.3 is 0 Å². The molecule has 29 heavy (non-hydrogen) atoms. The van der Waals surface area contributed by atoms with Gasteiger partial charge in [0, 0.05) is 11.3 Å². The zero-order valence-electron chi connectivity index (χ0n) is 16.7. The van der Waals surface area contributed by atoms with Gasteiger partial charge < -0.3 is 5.32 Å². The Morgan fingerprint density at radius 2 is 1.66 bits per heavy atom. The molecule has 6 nitrogen and oxygen atoms in total. The van der Waals surface area contributed by atoms with Gasteiger partial charge in [-0.1, -0.05) is 58.0 Å². The minimum atomic E-state index is -0.225.